The first kappa shape index (κ1) is 21.2. The van der Waals surface area contributed by atoms with Crippen molar-refractivity contribution in [2.45, 2.75) is 26.4 Å². The highest BCUT2D eigenvalue weighted by Crippen LogP contribution is 2.31. The highest BCUT2D eigenvalue weighted by molar-refractivity contribution is 6.34. The van der Waals surface area contributed by atoms with Gasteiger partial charge in [-0.25, -0.2) is 9.69 Å². The van der Waals surface area contributed by atoms with E-state index in [2.05, 4.69) is 0 Å². The van der Waals surface area contributed by atoms with Crippen LogP contribution < -0.4 is 4.90 Å². The zero-order chi connectivity index (χ0) is 22.8. The van der Waals surface area contributed by atoms with E-state index in [1.54, 1.807) is 80.6 Å². The van der Waals surface area contributed by atoms with Crippen molar-refractivity contribution in [3.8, 4) is 0 Å². The van der Waals surface area contributed by atoms with Gasteiger partial charge in [-0.1, -0.05) is 55.5 Å². The number of rotatable bonds is 6. The molecule has 160 valence electrons. The van der Waals surface area contributed by atoms with Crippen molar-refractivity contribution < 1.29 is 23.9 Å². The zero-order valence-corrected chi connectivity index (χ0v) is 17.7. The van der Waals surface area contributed by atoms with Crippen molar-refractivity contribution in [3.05, 3.63) is 101 Å². The van der Waals surface area contributed by atoms with Gasteiger partial charge in [0.05, 0.1) is 22.4 Å². The normalized spacial score (nSPS) is 13.6. The third kappa shape index (κ3) is 3.71. The van der Waals surface area contributed by atoms with Gasteiger partial charge in [0.25, 0.3) is 11.8 Å². The van der Waals surface area contributed by atoms with Crippen LogP contribution in [-0.2, 0) is 4.74 Å². The molecular weight excluding hydrogens is 406 g/mol. The molecule has 4 rings (SSSR count). The molecule has 0 bridgehead atoms. The van der Waals surface area contributed by atoms with E-state index in [1.807, 2.05) is 0 Å². The first-order chi connectivity index (χ1) is 15.4. The van der Waals surface area contributed by atoms with E-state index in [4.69, 9.17) is 4.74 Å². The lowest BCUT2D eigenvalue weighted by molar-refractivity contribution is 0.0277. The third-order valence-corrected chi connectivity index (χ3v) is 5.45. The summed E-state index contributed by atoms with van der Waals surface area (Å²) in [5.74, 6) is -1.86. The number of carbonyl (C=O) groups is 4. The van der Waals surface area contributed by atoms with Gasteiger partial charge in [-0.05, 0) is 43.2 Å². The minimum atomic E-state index is -0.936. The Balaban J connectivity index is 1.60. The third-order valence-electron chi connectivity index (χ3n) is 5.45. The summed E-state index contributed by atoms with van der Waals surface area (Å²) >= 11 is 0. The monoisotopic (exact) mass is 427 g/mol. The Labute approximate surface area is 185 Å². The molecule has 3 aromatic rings. The summed E-state index contributed by atoms with van der Waals surface area (Å²) in [5, 5.41) is 0. The quantitative estimate of drug-likeness (QED) is 0.326. The van der Waals surface area contributed by atoms with E-state index in [1.165, 1.54) is 6.07 Å². The van der Waals surface area contributed by atoms with Crippen LogP contribution in [0.2, 0.25) is 0 Å². The van der Waals surface area contributed by atoms with E-state index in [-0.39, 0.29) is 11.3 Å². The lowest BCUT2D eigenvalue weighted by atomic mass is 10.0. The Hall–Kier alpha value is -4.06. The number of hydrogen-bond donors (Lipinski definition) is 0. The molecule has 0 saturated heterocycles. The Morgan fingerprint density at radius 1 is 0.844 bits per heavy atom. The number of aryl methyl sites for hydroxylation is 1. The Morgan fingerprint density at radius 2 is 1.44 bits per heavy atom. The van der Waals surface area contributed by atoms with Crippen LogP contribution in [0.5, 0.6) is 0 Å². The number of Topliss-reactive ketones (excluding diaryl/α,β-unsaturated/α-hetero) is 1. The predicted octanol–water partition coefficient (Wildman–Crippen LogP) is 4.61. The number of esters is 1. The largest absolute Gasteiger partial charge is 0.450 e. The van der Waals surface area contributed by atoms with Crippen LogP contribution in [0, 0.1) is 6.92 Å². The molecule has 2 amide bonds. The van der Waals surface area contributed by atoms with Crippen LogP contribution in [0.3, 0.4) is 0 Å². The fourth-order valence-electron chi connectivity index (χ4n) is 3.69. The molecule has 0 unspecified atom stereocenters. The molecule has 32 heavy (non-hydrogen) atoms. The van der Waals surface area contributed by atoms with E-state index >= 15 is 0 Å². The van der Waals surface area contributed by atoms with Gasteiger partial charge < -0.3 is 4.74 Å². The van der Waals surface area contributed by atoms with Crippen molar-refractivity contribution in [2.75, 3.05) is 4.90 Å². The van der Waals surface area contributed by atoms with Crippen LogP contribution in [0.1, 0.15) is 60.3 Å². The summed E-state index contributed by atoms with van der Waals surface area (Å²) in [4.78, 5) is 52.3. The average Bonchev–Trinajstić information content (AvgIpc) is 3.08. The standard InChI is InChI=1S/C26H21NO5/c1-3-22(23(28)17-9-5-4-6-10-17)32-26(31)18-14-13-16(2)21(15-18)27-24(29)19-11-7-8-12-20(19)25(27)30/h4-15,22H,3H2,1-2H3/t22-/m1/s1. The first-order valence-electron chi connectivity index (χ1n) is 10.3. The molecular formula is C26H21NO5. The maximum atomic E-state index is 12.9. The molecule has 6 heteroatoms. The lowest BCUT2D eigenvalue weighted by Gasteiger charge is -2.19. The maximum Gasteiger partial charge on any atom is 0.338 e. The topological polar surface area (TPSA) is 80.8 Å². The van der Waals surface area contributed by atoms with Gasteiger partial charge in [0.1, 0.15) is 0 Å². The van der Waals surface area contributed by atoms with Gasteiger partial charge >= 0.3 is 5.97 Å². The number of benzene rings is 3. The summed E-state index contributed by atoms with van der Waals surface area (Å²) in [5.41, 5.74) is 2.23. The highest BCUT2D eigenvalue weighted by Gasteiger charge is 2.37. The van der Waals surface area contributed by atoms with Crippen molar-refractivity contribution in [2.24, 2.45) is 0 Å². The first-order valence-corrected chi connectivity index (χ1v) is 10.3. The van der Waals surface area contributed by atoms with Crippen LogP contribution >= 0.6 is 0 Å². The fraction of sp³-hybridized carbons (Fsp3) is 0.154. The van der Waals surface area contributed by atoms with Crippen LogP contribution in [0.4, 0.5) is 5.69 Å². The second-order valence-corrected chi connectivity index (χ2v) is 7.53. The Bertz CT molecular complexity index is 1200. The number of hydrogen-bond acceptors (Lipinski definition) is 5. The van der Waals surface area contributed by atoms with Gasteiger partial charge in [0.15, 0.2) is 6.10 Å². The number of fused-ring (bicyclic) bond motifs is 1. The average molecular weight is 427 g/mol. The van der Waals surface area contributed by atoms with E-state index in [9.17, 15) is 19.2 Å². The van der Waals surface area contributed by atoms with Crippen LogP contribution in [-0.4, -0.2) is 29.7 Å². The minimum absolute atomic E-state index is 0.154. The molecule has 1 aliphatic rings. The molecule has 6 nitrogen and oxygen atoms in total. The van der Waals surface area contributed by atoms with Crippen molar-refractivity contribution in [1.82, 2.24) is 0 Å². The molecule has 1 atom stereocenters. The Kier molecular flexibility index (Phi) is 5.69. The number of nitrogens with zero attached hydrogens (tertiary/aromatic N) is 1. The summed E-state index contributed by atoms with van der Waals surface area (Å²) in [6.45, 7) is 3.51. The molecule has 1 heterocycles. The van der Waals surface area contributed by atoms with Crippen LogP contribution in [0.25, 0.3) is 0 Å². The number of imide groups is 1. The number of ketones is 1. The Morgan fingerprint density at radius 3 is 2.03 bits per heavy atom. The SMILES string of the molecule is CC[C@@H](OC(=O)c1ccc(C)c(N2C(=O)c3ccccc3C2=O)c1)C(=O)c1ccccc1. The molecule has 0 N–H and O–H groups in total. The van der Waals surface area contributed by atoms with Crippen molar-refractivity contribution in [1.29, 1.82) is 0 Å². The second-order valence-electron chi connectivity index (χ2n) is 7.53. The van der Waals surface area contributed by atoms with Gasteiger partial charge in [0.2, 0.25) is 5.78 Å². The molecule has 0 fully saturated rings. The fourth-order valence-corrected chi connectivity index (χ4v) is 3.69. The molecule has 0 radical (unpaired) electrons. The molecule has 0 aliphatic carbocycles. The molecule has 3 aromatic carbocycles. The number of ether oxygens (including phenoxy) is 1. The smallest absolute Gasteiger partial charge is 0.338 e. The number of carbonyl (C=O) groups excluding carboxylic acids is 4. The van der Waals surface area contributed by atoms with Gasteiger partial charge in [-0.2, -0.15) is 0 Å². The maximum absolute atomic E-state index is 12.9. The van der Waals surface area contributed by atoms with Gasteiger partial charge in [-0.3, -0.25) is 14.4 Å². The summed E-state index contributed by atoms with van der Waals surface area (Å²) in [6, 6.07) is 19.9. The van der Waals surface area contributed by atoms with E-state index in [0.29, 0.717) is 34.4 Å². The molecule has 0 aromatic heterocycles. The molecule has 1 aliphatic heterocycles. The number of amides is 2. The lowest BCUT2D eigenvalue weighted by Crippen LogP contribution is -2.30. The second kappa shape index (κ2) is 8.59. The van der Waals surface area contributed by atoms with Crippen molar-refractivity contribution in [3.63, 3.8) is 0 Å². The summed E-state index contributed by atoms with van der Waals surface area (Å²) in [6.07, 6.45) is -0.620. The highest BCUT2D eigenvalue weighted by atomic mass is 16.5. The van der Waals surface area contributed by atoms with Crippen LogP contribution in [0.15, 0.2) is 72.8 Å². The predicted molar refractivity (Wildman–Crippen MR) is 119 cm³/mol. The molecule has 0 spiro atoms. The van der Waals surface area contributed by atoms with E-state index in [0.717, 1.165) is 4.90 Å². The van der Waals surface area contributed by atoms with E-state index < -0.39 is 23.9 Å². The zero-order valence-electron chi connectivity index (χ0n) is 17.7. The van der Waals surface area contributed by atoms with Gasteiger partial charge in [-0.15, -0.1) is 0 Å². The summed E-state index contributed by atoms with van der Waals surface area (Å²) in [7, 11) is 0. The summed E-state index contributed by atoms with van der Waals surface area (Å²) < 4.78 is 5.50. The van der Waals surface area contributed by atoms with Crippen molar-refractivity contribution >= 4 is 29.3 Å². The molecule has 0 saturated carbocycles. The minimum Gasteiger partial charge on any atom is -0.450 e. The van der Waals surface area contributed by atoms with Gasteiger partial charge in [0, 0.05) is 5.56 Å². The number of anilines is 1.